The molecule has 0 aliphatic heterocycles. The van der Waals surface area contributed by atoms with Crippen LogP contribution in [-0.2, 0) is 0 Å². The molecule has 4 nitrogen and oxygen atoms in total. The van der Waals surface area contributed by atoms with E-state index < -0.39 is 0 Å². The molecule has 0 aliphatic carbocycles. The van der Waals surface area contributed by atoms with Gasteiger partial charge >= 0.3 is 0 Å². The summed E-state index contributed by atoms with van der Waals surface area (Å²) in [6.07, 6.45) is 2.87. The Balaban J connectivity index is 2.81. The molecule has 1 aromatic heterocycles. The largest absolute Gasteiger partial charge is 0.358 e. The number of nitrogens with one attached hydrogen (secondary N) is 1. The number of hydrogen-bond acceptors (Lipinski definition) is 4. The highest BCUT2D eigenvalue weighted by Gasteiger charge is 2.10. The quantitative estimate of drug-likeness (QED) is 0.876. The summed E-state index contributed by atoms with van der Waals surface area (Å²) in [6, 6.07) is 0. The Hall–Kier alpha value is -0.840. The Bertz CT molecular complexity index is 354. The van der Waals surface area contributed by atoms with Crippen LogP contribution >= 0.6 is 15.9 Å². The zero-order valence-corrected chi connectivity index (χ0v) is 12.6. The lowest BCUT2D eigenvalue weighted by atomic mass is 10.2. The van der Waals surface area contributed by atoms with Gasteiger partial charge in [-0.3, -0.25) is 0 Å². The predicted molar refractivity (Wildman–Crippen MR) is 76.6 cm³/mol. The van der Waals surface area contributed by atoms with Crippen molar-refractivity contribution in [1.29, 1.82) is 0 Å². The van der Waals surface area contributed by atoms with Gasteiger partial charge in [0, 0.05) is 26.3 Å². The number of aromatic nitrogens is 2. The highest BCUT2D eigenvalue weighted by molar-refractivity contribution is 9.10. The van der Waals surface area contributed by atoms with E-state index in [0.717, 1.165) is 29.8 Å². The topological polar surface area (TPSA) is 41.1 Å². The molecule has 0 aliphatic rings. The Morgan fingerprint density at radius 3 is 2.76 bits per heavy atom. The number of anilines is 2. The molecule has 17 heavy (non-hydrogen) atoms. The van der Waals surface area contributed by atoms with Crippen LogP contribution in [0.5, 0.6) is 0 Å². The van der Waals surface area contributed by atoms with Gasteiger partial charge in [-0.25, -0.2) is 4.98 Å². The first-order valence-electron chi connectivity index (χ1n) is 6.02. The second-order valence-corrected chi connectivity index (χ2v) is 5.42. The number of rotatable bonds is 6. The van der Waals surface area contributed by atoms with Gasteiger partial charge in [-0.05, 0) is 28.3 Å². The molecule has 0 atom stereocenters. The lowest BCUT2D eigenvalue weighted by Crippen LogP contribution is -2.24. The van der Waals surface area contributed by atoms with Crippen molar-refractivity contribution in [2.75, 3.05) is 30.4 Å². The van der Waals surface area contributed by atoms with E-state index in [4.69, 9.17) is 0 Å². The Morgan fingerprint density at radius 1 is 1.47 bits per heavy atom. The van der Waals surface area contributed by atoms with Gasteiger partial charge in [0.25, 0.3) is 0 Å². The fraction of sp³-hybridized carbons (Fsp3) is 0.667. The predicted octanol–water partition coefficient (Wildman–Crippen LogP) is 3.15. The summed E-state index contributed by atoms with van der Waals surface area (Å²) in [6.45, 7) is 8.39. The Morgan fingerprint density at radius 2 is 2.18 bits per heavy atom. The summed E-state index contributed by atoms with van der Waals surface area (Å²) < 4.78 is 0.933. The van der Waals surface area contributed by atoms with Crippen molar-refractivity contribution < 1.29 is 0 Å². The Labute approximate surface area is 112 Å². The SMILES string of the molecule is CCCNc1ncc(Br)c(N(C)CC(C)C)n1. The van der Waals surface area contributed by atoms with Crippen molar-refractivity contribution >= 4 is 27.7 Å². The molecule has 0 spiro atoms. The second-order valence-electron chi connectivity index (χ2n) is 4.57. The maximum absolute atomic E-state index is 4.52. The van der Waals surface area contributed by atoms with Gasteiger partial charge in [0.2, 0.25) is 5.95 Å². The molecule has 0 fully saturated rings. The van der Waals surface area contributed by atoms with E-state index in [2.05, 4.69) is 63.9 Å². The molecule has 0 bridgehead atoms. The molecule has 0 aromatic carbocycles. The van der Waals surface area contributed by atoms with Gasteiger partial charge < -0.3 is 10.2 Å². The molecule has 0 amide bonds. The molecule has 1 aromatic rings. The van der Waals surface area contributed by atoms with Crippen LogP contribution in [0.4, 0.5) is 11.8 Å². The molecule has 0 saturated carbocycles. The molecular formula is C12H21BrN4. The molecule has 0 unspecified atom stereocenters. The van der Waals surface area contributed by atoms with E-state index in [1.807, 2.05) is 0 Å². The maximum Gasteiger partial charge on any atom is 0.224 e. The van der Waals surface area contributed by atoms with Gasteiger partial charge in [-0.1, -0.05) is 20.8 Å². The van der Waals surface area contributed by atoms with E-state index >= 15 is 0 Å². The third-order valence-corrected chi connectivity index (χ3v) is 2.82. The average Bonchev–Trinajstić information content (AvgIpc) is 2.27. The summed E-state index contributed by atoms with van der Waals surface area (Å²) in [5.41, 5.74) is 0. The zero-order chi connectivity index (χ0) is 12.8. The summed E-state index contributed by atoms with van der Waals surface area (Å²) in [5, 5.41) is 3.20. The van der Waals surface area contributed by atoms with Crippen molar-refractivity contribution in [1.82, 2.24) is 9.97 Å². The van der Waals surface area contributed by atoms with Crippen LogP contribution in [0.2, 0.25) is 0 Å². The first-order valence-corrected chi connectivity index (χ1v) is 6.81. The van der Waals surface area contributed by atoms with Gasteiger partial charge in [0.15, 0.2) is 0 Å². The lowest BCUT2D eigenvalue weighted by molar-refractivity contribution is 0.633. The van der Waals surface area contributed by atoms with Crippen LogP contribution < -0.4 is 10.2 Å². The smallest absolute Gasteiger partial charge is 0.224 e. The second kappa shape index (κ2) is 6.79. The maximum atomic E-state index is 4.52. The monoisotopic (exact) mass is 300 g/mol. The fourth-order valence-corrected chi connectivity index (χ4v) is 2.08. The van der Waals surface area contributed by atoms with Gasteiger partial charge in [-0.15, -0.1) is 0 Å². The number of nitrogens with zero attached hydrogens (tertiary/aromatic N) is 3. The normalized spacial score (nSPS) is 10.7. The van der Waals surface area contributed by atoms with Crippen LogP contribution in [-0.4, -0.2) is 30.1 Å². The van der Waals surface area contributed by atoms with Crippen LogP contribution in [0.1, 0.15) is 27.2 Å². The van der Waals surface area contributed by atoms with Crippen LogP contribution in [0, 0.1) is 5.92 Å². The third kappa shape index (κ3) is 4.50. The van der Waals surface area contributed by atoms with Crippen molar-refractivity contribution in [2.45, 2.75) is 27.2 Å². The van der Waals surface area contributed by atoms with E-state index in [-0.39, 0.29) is 0 Å². The van der Waals surface area contributed by atoms with E-state index in [1.54, 1.807) is 6.20 Å². The van der Waals surface area contributed by atoms with Crippen molar-refractivity contribution in [3.8, 4) is 0 Å². The highest BCUT2D eigenvalue weighted by atomic mass is 79.9. The Kier molecular flexibility index (Phi) is 5.68. The molecule has 1 heterocycles. The first-order chi connectivity index (χ1) is 8.04. The lowest BCUT2D eigenvalue weighted by Gasteiger charge is -2.21. The standard InChI is InChI=1S/C12H21BrN4/c1-5-6-14-12-15-7-10(13)11(16-12)17(4)8-9(2)3/h7,9H,5-6,8H2,1-4H3,(H,14,15,16). The van der Waals surface area contributed by atoms with Crippen molar-refractivity contribution in [3.63, 3.8) is 0 Å². The summed E-state index contributed by atoms with van der Waals surface area (Å²) >= 11 is 3.49. The first kappa shape index (κ1) is 14.2. The summed E-state index contributed by atoms with van der Waals surface area (Å²) in [4.78, 5) is 10.9. The van der Waals surface area contributed by atoms with Crippen LogP contribution in [0.25, 0.3) is 0 Å². The van der Waals surface area contributed by atoms with E-state index in [9.17, 15) is 0 Å². The third-order valence-electron chi connectivity index (χ3n) is 2.26. The molecule has 0 radical (unpaired) electrons. The molecule has 0 saturated heterocycles. The molecular weight excluding hydrogens is 280 g/mol. The van der Waals surface area contributed by atoms with Crippen molar-refractivity contribution in [2.24, 2.45) is 5.92 Å². The molecule has 1 N–H and O–H groups in total. The summed E-state index contributed by atoms with van der Waals surface area (Å²) in [7, 11) is 2.05. The minimum atomic E-state index is 0.605. The molecule has 1 rings (SSSR count). The van der Waals surface area contributed by atoms with E-state index in [1.165, 1.54) is 0 Å². The van der Waals surface area contributed by atoms with Crippen LogP contribution in [0.15, 0.2) is 10.7 Å². The molecule has 96 valence electrons. The van der Waals surface area contributed by atoms with Crippen LogP contribution in [0.3, 0.4) is 0 Å². The minimum absolute atomic E-state index is 0.605. The number of halogens is 1. The minimum Gasteiger partial charge on any atom is -0.358 e. The van der Waals surface area contributed by atoms with Gasteiger partial charge in [0.1, 0.15) is 5.82 Å². The zero-order valence-electron chi connectivity index (χ0n) is 11.0. The summed E-state index contributed by atoms with van der Waals surface area (Å²) in [5.74, 6) is 2.24. The van der Waals surface area contributed by atoms with Gasteiger partial charge in [0.05, 0.1) is 4.47 Å². The highest BCUT2D eigenvalue weighted by Crippen LogP contribution is 2.23. The van der Waals surface area contributed by atoms with Crippen molar-refractivity contribution in [3.05, 3.63) is 10.7 Å². The van der Waals surface area contributed by atoms with E-state index in [0.29, 0.717) is 11.9 Å². The average molecular weight is 301 g/mol. The van der Waals surface area contributed by atoms with Gasteiger partial charge in [-0.2, -0.15) is 4.98 Å². The fourth-order valence-electron chi connectivity index (χ4n) is 1.58. The number of hydrogen-bond donors (Lipinski definition) is 1. The molecule has 5 heteroatoms.